The first-order chi connectivity index (χ1) is 11.8. The second kappa shape index (κ2) is 8.31. The highest BCUT2D eigenvalue weighted by Crippen LogP contribution is 2.20. The molecule has 1 aliphatic heterocycles. The number of sulfonamides is 1. The van der Waals surface area contributed by atoms with Crippen molar-refractivity contribution in [3.8, 4) is 0 Å². The number of piperidine rings is 1. The van der Waals surface area contributed by atoms with Gasteiger partial charge in [0.1, 0.15) is 5.69 Å². The Morgan fingerprint density at radius 1 is 1.40 bits per heavy atom. The molecule has 0 spiro atoms. The van der Waals surface area contributed by atoms with E-state index in [1.807, 2.05) is 27.7 Å². The van der Waals surface area contributed by atoms with Crippen LogP contribution in [0.5, 0.6) is 0 Å². The lowest BCUT2D eigenvalue weighted by Crippen LogP contribution is -2.45. The fourth-order valence-corrected chi connectivity index (χ4v) is 4.78. The molecule has 1 atom stereocenters. The third-order valence-corrected chi connectivity index (χ3v) is 6.64. The molecule has 1 aliphatic rings. The molecule has 1 fully saturated rings. The van der Waals surface area contributed by atoms with E-state index in [9.17, 15) is 13.2 Å². The van der Waals surface area contributed by atoms with Crippen molar-refractivity contribution in [3.63, 3.8) is 0 Å². The summed E-state index contributed by atoms with van der Waals surface area (Å²) in [4.78, 5) is 12.4. The molecular weight excluding hydrogens is 340 g/mol. The molecule has 1 saturated heterocycles. The number of hydrogen-bond acceptors (Lipinski definition) is 4. The standard InChI is InChI=1S/C17H30N4O3S/c1-5-20-16(12-15(19-20)13(2)3)17(22)18-9-11-25(23,24)21-10-7-6-8-14(21)4/h12-14H,5-11H2,1-4H3,(H,18,22). The van der Waals surface area contributed by atoms with Gasteiger partial charge in [0.05, 0.1) is 11.4 Å². The average molecular weight is 371 g/mol. The number of nitrogens with zero attached hydrogens (tertiary/aromatic N) is 3. The van der Waals surface area contributed by atoms with E-state index in [4.69, 9.17) is 0 Å². The molecule has 1 aromatic rings. The maximum atomic E-state index is 12.5. The molecule has 142 valence electrons. The van der Waals surface area contributed by atoms with Crippen LogP contribution < -0.4 is 5.32 Å². The van der Waals surface area contributed by atoms with E-state index < -0.39 is 10.0 Å². The van der Waals surface area contributed by atoms with Crippen molar-refractivity contribution in [2.75, 3.05) is 18.8 Å². The molecule has 0 aliphatic carbocycles. The molecule has 1 aromatic heterocycles. The lowest BCUT2D eigenvalue weighted by Gasteiger charge is -2.32. The van der Waals surface area contributed by atoms with E-state index in [1.54, 1.807) is 15.1 Å². The summed E-state index contributed by atoms with van der Waals surface area (Å²) in [7, 11) is -3.34. The molecule has 0 radical (unpaired) electrons. The Kier molecular flexibility index (Phi) is 6.62. The smallest absolute Gasteiger partial charge is 0.269 e. The molecule has 0 saturated carbocycles. The van der Waals surface area contributed by atoms with Gasteiger partial charge in [-0.3, -0.25) is 9.48 Å². The Morgan fingerprint density at radius 2 is 2.12 bits per heavy atom. The highest BCUT2D eigenvalue weighted by atomic mass is 32.2. The summed E-state index contributed by atoms with van der Waals surface area (Å²) in [5.74, 6) is -0.108. The van der Waals surface area contributed by atoms with Crippen LogP contribution in [0.25, 0.3) is 0 Å². The Morgan fingerprint density at radius 3 is 2.72 bits per heavy atom. The van der Waals surface area contributed by atoms with E-state index in [1.165, 1.54) is 0 Å². The first-order valence-corrected chi connectivity index (χ1v) is 10.7. The maximum absolute atomic E-state index is 12.5. The predicted molar refractivity (Wildman–Crippen MR) is 98.1 cm³/mol. The van der Waals surface area contributed by atoms with Gasteiger partial charge in [-0.15, -0.1) is 0 Å². The van der Waals surface area contributed by atoms with Crippen LogP contribution in [0.4, 0.5) is 0 Å². The van der Waals surface area contributed by atoms with Crippen molar-refractivity contribution in [1.29, 1.82) is 0 Å². The fourth-order valence-electron chi connectivity index (χ4n) is 3.13. The predicted octanol–water partition coefficient (Wildman–Crippen LogP) is 1.96. The van der Waals surface area contributed by atoms with Crippen LogP contribution in [0.15, 0.2) is 6.07 Å². The fraction of sp³-hybridized carbons (Fsp3) is 0.765. The van der Waals surface area contributed by atoms with Gasteiger partial charge in [-0.05, 0) is 38.7 Å². The van der Waals surface area contributed by atoms with Gasteiger partial charge < -0.3 is 5.32 Å². The molecule has 1 unspecified atom stereocenters. The minimum atomic E-state index is -3.34. The molecule has 7 nitrogen and oxygen atoms in total. The van der Waals surface area contributed by atoms with Crippen molar-refractivity contribution < 1.29 is 13.2 Å². The van der Waals surface area contributed by atoms with Crippen molar-refractivity contribution in [3.05, 3.63) is 17.5 Å². The molecule has 0 bridgehead atoms. The van der Waals surface area contributed by atoms with E-state index in [0.717, 1.165) is 25.0 Å². The molecule has 2 rings (SSSR count). The van der Waals surface area contributed by atoms with Gasteiger partial charge in [0, 0.05) is 25.7 Å². The van der Waals surface area contributed by atoms with Gasteiger partial charge in [-0.25, -0.2) is 8.42 Å². The monoisotopic (exact) mass is 370 g/mol. The number of carbonyl (C=O) groups excluding carboxylic acids is 1. The minimum absolute atomic E-state index is 0.0459. The van der Waals surface area contributed by atoms with Crippen LogP contribution in [0.1, 0.15) is 69.1 Å². The third-order valence-electron chi connectivity index (χ3n) is 4.67. The maximum Gasteiger partial charge on any atom is 0.269 e. The highest BCUT2D eigenvalue weighted by molar-refractivity contribution is 7.89. The zero-order valence-corrected chi connectivity index (χ0v) is 16.5. The Bertz CT molecular complexity index is 697. The molecule has 8 heteroatoms. The Labute approximate surface area is 150 Å². The largest absolute Gasteiger partial charge is 0.350 e. The van der Waals surface area contributed by atoms with Crippen molar-refractivity contribution >= 4 is 15.9 Å². The van der Waals surface area contributed by atoms with Crippen molar-refractivity contribution in [2.24, 2.45) is 0 Å². The number of aromatic nitrogens is 2. The number of hydrogen-bond donors (Lipinski definition) is 1. The van der Waals surface area contributed by atoms with E-state index in [-0.39, 0.29) is 30.2 Å². The van der Waals surface area contributed by atoms with Gasteiger partial charge in [-0.2, -0.15) is 9.40 Å². The van der Waals surface area contributed by atoms with Gasteiger partial charge in [0.15, 0.2) is 0 Å². The quantitative estimate of drug-likeness (QED) is 0.795. The van der Waals surface area contributed by atoms with Gasteiger partial charge in [0.2, 0.25) is 10.0 Å². The Balaban J connectivity index is 1.96. The highest BCUT2D eigenvalue weighted by Gasteiger charge is 2.29. The van der Waals surface area contributed by atoms with E-state index in [0.29, 0.717) is 18.8 Å². The lowest BCUT2D eigenvalue weighted by molar-refractivity contribution is 0.0945. The molecule has 25 heavy (non-hydrogen) atoms. The summed E-state index contributed by atoms with van der Waals surface area (Å²) >= 11 is 0. The second-order valence-corrected chi connectivity index (χ2v) is 8.99. The molecule has 1 N–H and O–H groups in total. The summed E-state index contributed by atoms with van der Waals surface area (Å²) in [6.07, 6.45) is 2.88. The second-order valence-electron chi connectivity index (χ2n) is 6.95. The van der Waals surface area contributed by atoms with Crippen LogP contribution >= 0.6 is 0 Å². The lowest BCUT2D eigenvalue weighted by atomic mass is 10.1. The third kappa shape index (κ3) is 4.82. The number of aryl methyl sites for hydroxylation is 1. The molecule has 0 aromatic carbocycles. The first kappa shape index (κ1) is 19.9. The number of rotatable bonds is 7. The van der Waals surface area contributed by atoms with E-state index in [2.05, 4.69) is 10.4 Å². The zero-order valence-electron chi connectivity index (χ0n) is 15.7. The normalized spacial score (nSPS) is 19.3. The SMILES string of the molecule is CCn1nc(C(C)C)cc1C(=O)NCCS(=O)(=O)N1CCCCC1C. The number of amides is 1. The van der Waals surface area contributed by atoms with Crippen molar-refractivity contribution in [1.82, 2.24) is 19.4 Å². The van der Waals surface area contributed by atoms with Crippen LogP contribution in [0.2, 0.25) is 0 Å². The van der Waals surface area contributed by atoms with E-state index >= 15 is 0 Å². The summed E-state index contributed by atoms with van der Waals surface area (Å²) in [5, 5.41) is 7.15. The topological polar surface area (TPSA) is 84.3 Å². The average Bonchev–Trinajstić information content (AvgIpc) is 2.99. The Hall–Kier alpha value is -1.41. The van der Waals surface area contributed by atoms with Gasteiger partial charge in [-0.1, -0.05) is 20.3 Å². The van der Waals surface area contributed by atoms with Crippen LogP contribution in [-0.2, 0) is 16.6 Å². The van der Waals surface area contributed by atoms with Gasteiger partial charge in [0.25, 0.3) is 5.91 Å². The zero-order chi connectivity index (χ0) is 18.6. The summed E-state index contributed by atoms with van der Waals surface area (Å²) in [6, 6.07) is 1.83. The van der Waals surface area contributed by atoms with Crippen molar-refractivity contribution in [2.45, 2.75) is 65.5 Å². The number of carbonyl (C=O) groups is 1. The minimum Gasteiger partial charge on any atom is -0.350 e. The summed E-state index contributed by atoms with van der Waals surface area (Å²) in [5.41, 5.74) is 1.34. The molecule has 2 heterocycles. The van der Waals surface area contributed by atoms with Crippen LogP contribution in [0.3, 0.4) is 0 Å². The first-order valence-electron chi connectivity index (χ1n) is 9.11. The number of nitrogens with one attached hydrogen (secondary N) is 1. The van der Waals surface area contributed by atoms with Crippen LogP contribution in [-0.4, -0.2) is 53.3 Å². The molecule has 1 amide bonds. The van der Waals surface area contributed by atoms with Crippen LogP contribution in [0, 0.1) is 0 Å². The van der Waals surface area contributed by atoms with Gasteiger partial charge >= 0.3 is 0 Å². The molecular formula is C17H30N4O3S. The summed E-state index contributed by atoms with van der Waals surface area (Å²) in [6.45, 7) is 9.21. The summed E-state index contributed by atoms with van der Waals surface area (Å²) < 4.78 is 28.2.